The first-order valence-electron chi connectivity index (χ1n) is 8.10. The van der Waals surface area contributed by atoms with Crippen LogP contribution in [0.15, 0.2) is 46.2 Å². The molecule has 1 aromatic carbocycles. The van der Waals surface area contributed by atoms with E-state index in [2.05, 4.69) is 10.3 Å². The third kappa shape index (κ3) is 3.61. The van der Waals surface area contributed by atoms with Crippen LogP contribution in [0, 0.1) is 0 Å². The number of nitrogens with zero attached hydrogens (tertiary/aromatic N) is 2. The van der Waals surface area contributed by atoms with E-state index in [1.165, 1.54) is 24.8 Å². The number of fused-ring (bicyclic) bond motifs is 1. The van der Waals surface area contributed by atoms with Crippen LogP contribution in [0.2, 0.25) is 0 Å². The zero-order valence-corrected chi connectivity index (χ0v) is 15.0. The van der Waals surface area contributed by atoms with Crippen LogP contribution < -0.4 is 16.0 Å². The van der Waals surface area contributed by atoms with Crippen LogP contribution in [0.5, 0.6) is 0 Å². The van der Waals surface area contributed by atoms with Crippen molar-refractivity contribution in [1.29, 1.82) is 0 Å². The summed E-state index contributed by atoms with van der Waals surface area (Å²) in [6.45, 7) is 0. The minimum absolute atomic E-state index is 0. The molecular weight excluding hydrogens is 354 g/mol. The molecule has 8 N–H and O–H groups in total. The molecule has 0 amide bonds. The van der Waals surface area contributed by atoms with Crippen molar-refractivity contribution in [2.24, 2.45) is 5.14 Å². The molecule has 0 saturated heterocycles. The predicted octanol–water partition coefficient (Wildman–Crippen LogP) is 1.90. The van der Waals surface area contributed by atoms with Crippen molar-refractivity contribution in [3.8, 4) is 0 Å². The van der Waals surface area contributed by atoms with E-state index in [0.717, 1.165) is 28.9 Å². The Kier molecular flexibility index (Phi) is 6.43. The van der Waals surface area contributed by atoms with Crippen LogP contribution in [-0.2, 0) is 0 Å². The molecule has 3 aromatic rings. The van der Waals surface area contributed by atoms with Gasteiger partial charge in [-0.1, -0.05) is 12.8 Å². The Labute approximate surface area is 154 Å². The van der Waals surface area contributed by atoms with Gasteiger partial charge in [-0.3, -0.25) is 14.6 Å². The smallest absolute Gasteiger partial charge is 0.261 e. The Morgan fingerprint density at radius 2 is 1.85 bits per heavy atom. The second kappa shape index (κ2) is 8.37. The number of rotatable bonds is 4. The standard InChI is InChI=1S/C17H19N5OS.2H2O/c18-24-13-7-5-11(6-8-13)20-16-15-14(9-10-19-17(15)23)22(21-16)12-3-1-2-4-12;;/h5-10,12H,1-4,18H2,(H,19,23)(H,20,21);2*1H2. The number of hydrogen-bond donors (Lipinski definition) is 3. The van der Waals surface area contributed by atoms with E-state index in [-0.39, 0.29) is 16.5 Å². The van der Waals surface area contributed by atoms with E-state index in [0.29, 0.717) is 17.2 Å². The lowest BCUT2D eigenvalue weighted by Gasteiger charge is -2.10. The van der Waals surface area contributed by atoms with Crippen LogP contribution in [0.3, 0.4) is 0 Å². The molecule has 1 fully saturated rings. The third-order valence-electron chi connectivity index (χ3n) is 4.55. The van der Waals surface area contributed by atoms with E-state index < -0.39 is 0 Å². The van der Waals surface area contributed by atoms with E-state index in [4.69, 9.17) is 10.2 Å². The number of nitrogens with two attached hydrogens (primary N) is 1. The number of nitrogens with one attached hydrogen (secondary N) is 2. The van der Waals surface area contributed by atoms with Gasteiger partial charge in [0.1, 0.15) is 5.39 Å². The van der Waals surface area contributed by atoms with Gasteiger partial charge in [-0.15, -0.1) is 0 Å². The number of H-pyrrole nitrogens is 1. The molecule has 26 heavy (non-hydrogen) atoms. The Morgan fingerprint density at radius 1 is 1.15 bits per heavy atom. The zero-order valence-electron chi connectivity index (χ0n) is 14.2. The maximum absolute atomic E-state index is 12.3. The molecule has 0 radical (unpaired) electrons. The van der Waals surface area contributed by atoms with Crippen molar-refractivity contribution in [3.63, 3.8) is 0 Å². The molecule has 4 rings (SSSR count). The first-order chi connectivity index (χ1) is 11.8. The highest BCUT2D eigenvalue weighted by atomic mass is 32.2. The normalized spacial score (nSPS) is 14.0. The molecule has 0 bridgehead atoms. The van der Waals surface area contributed by atoms with Gasteiger partial charge in [0.25, 0.3) is 5.56 Å². The van der Waals surface area contributed by atoms with Crippen LogP contribution in [0.4, 0.5) is 11.5 Å². The van der Waals surface area contributed by atoms with Crippen molar-refractivity contribution in [1.82, 2.24) is 14.8 Å². The number of benzene rings is 1. The molecule has 8 nitrogen and oxygen atoms in total. The zero-order chi connectivity index (χ0) is 16.5. The molecule has 9 heteroatoms. The molecule has 1 aliphatic rings. The summed E-state index contributed by atoms with van der Waals surface area (Å²) in [5, 5.41) is 14.2. The van der Waals surface area contributed by atoms with Gasteiger partial charge in [0.15, 0.2) is 5.82 Å². The first kappa shape index (κ1) is 20.0. The summed E-state index contributed by atoms with van der Waals surface area (Å²) in [4.78, 5) is 16.1. The topological polar surface area (TPSA) is 152 Å². The first-order valence-corrected chi connectivity index (χ1v) is 8.98. The molecule has 0 atom stereocenters. The Hall–Kier alpha value is -2.33. The summed E-state index contributed by atoms with van der Waals surface area (Å²) in [5.74, 6) is 0.604. The summed E-state index contributed by atoms with van der Waals surface area (Å²) in [7, 11) is 0. The number of aromatic nitrogens is 3. The fraction of sp³-hybridized carbons (Fsp3) is 0.294. The van der Waals surface area contributed by atoms with Gasteiger partial charge in [-0.25, -0.2) is 0 Å². The molecule has 2 heterocycles. The van der Waals surface area contributed by atoms with Gasteiger partial charge in [-0.2, -0.15) is 5.10 Å². The second-order valence-corrected chi connectivity index (χ2v) is 6.77. The van der Waals surface area contributed by atoms with Gasteiger partial charge < -0.3 is 21.3 Å². The van der Waals surface area contributed by atoms with E-state index in [9.17, 15) is 4.79 Å². The average Bonchev–Trinajstić information content (AvgIpc) is 3.24. The highest BCUT2D eigenvalue weighted by molar-refractivity contribution is 7.97. The van der Waals surface area contributed by atoms with E-state index in [1.54, 1.807) is 6.20 Å². The summed E-state index contributed by atoms with van der Waals surface area (Å²) >= 11 is 1.21. The van der Waals surface area contributed by atoms with Crippen molar-refractivity contribution in [3.05, 3.63) is 46.9 Å². The van der Waals surface area contributed by atoms with Crippen LogP contribution in [0.1, 0.15) is 31.7 Å². The summed E-state index contributed by atoms with van der Waals surface area (Å²) < 4.78 is 2.02. The van der Waals surface area contributed by atoms with Crippen LogP contribution in [0.25, 0.3) is 10.9 Å². The fourth-order valence-electron chi connectivity index (χ4n) is 3.37. The minimum Gasteiger partial charge on any atom is -0.412 e. The maximum atomic E-state index is 12.3. The van der Waals surface area contributed by atoms with Gasteiger partial charge in [0.2, 0.25) is 0 Å². The molecule has 0 aliphatic heterocycles. The lowest BCUT2D eigenvalue weighted by Crippen LogP contribution is -2.08. The Balaban J connectivity index is 0.00000121. The quantitative estimate of drug-likeness (QED) is 0.593. The van der Waals surface area contributed by atoms with Gasteiger partial charge in [0, 0.05) is 16.8 Å². The molecule has 2 aromatic heterocycles. The Bertz CT molecular complexity index is 916. The predicted molar refractivity (Wildman–Crippen MR) is 105 cm³/mol. The lowest BCUT2D eigenvalue weighted by atomic mass is 10.2. The van der Waals surface area contributed by atoms with E-state index in [1.807, 2.05) is 35.0 Å². The van der Waals surface area contributed by atoms with Crippen LogP contribution in [-0.4, -0.2) is 25.7 Å². The number of anilines is 2. The highest BCUT2D eigenvalue weighted by Gasteiger charge is 2.22. The van der Waals surface area contributed by atoms with Crippen molar-refractivity contribution in [2.75, 3.05) is 5.32 Å². The fourth-order valence-corrected chi connectivity index (χ4v) is 3.66. The second-order valence-electron chi connectivity index (χ2n) is 6.07. The van der Waals surface area contributed by atoms with Crippen molar-refractivity contribution in [2.45, 2.75) is 36.6 Å². The number of aromatic amines is 1. The highest BCUT2D eigenvalue weighted by Crippen LogP contribution is 2.33. The summed E-state index contributed by atoms with van der Waals surface area (Å²) in [6.07, 6.45) is 6.36. The largest absolute Gasteiger partial charge is 0.412 e. The molecule has 140 valence electrons. The van der Waals surface area contributed by atoms with Crippen molar-refractivity contribution >= 4 is 34.4 Å². The minimum atomic E-state index is -0.117. The number of hydrogen-bond acceptors (Lipinski definition) is 5. The average molecular weight is 377 g/mol. The Morgan fingerprint density at radius 3 is 2.50 bits per heavy atom. The maximum Gasteiger partial charge on any atom is 0.261 e. The molecule has 0 unspecified atom stereocenters. The molecule has 0 spiro atoms. The third-order valence-corrected chi connectivity index (χ3v) is 5.10. The van der Waals surface area contributed by atoms with Gasteiger partial charge >= 0.3 is 0 Å². The molecule has 1 saturated carbocycles. The summed E-state index contributed by atoms with van der Waals surface area (Å²) in [6, 6.07) is 10.1. The van der Waals surface area contributed by atoms with E-state index >= 15 is 0 Å². The number of pyridine rings is 1. The van der Waals surface area contributed by atoms with Crippen LogP contribution >= 0.6 is 11.9 Å². The van der Waals surface area contributed by atoms with Gasteiger partial charge in [0.05, 0.1) is 11.6 Å². The SMILES string of the molecule is NSc1ccc(Nc2nn(C3CCCC3)c3cc[nH]c(=O)c23)cc1.O.O. The van der Waals surface area contributed by atoms with Gasteiger partial charge in [-0.05, 0) is 55.1 Å². The molecule has 1 aliphatic carbocycles. The van der Waals surface area contributed by atoms with Crippen molar-refractivity contribution < 1.29 is 11.0 Å². The molecular formula is C17H23N5O3S. The summed E-state index contributed by atoms with van der Waals surface area (Å²) in [5.41, 5.74) is 1.66. The lowest BCUT2D eigenvalue weighted by molar-refractivity contribution is 0.483. The monoisotopic (exact) mass is 377 g/mol.